The molecular formula is C24H20ClN3O5. The predicted molar refractivity (Wildman–Crippen MR) is 124 cm³/mol. The van der Waals surface area contributed by atoms with E-state index >= 15 is 0 Å². The molecule has 0 fully saturated rings. The molecule has 8 nitrogen and oxygen atoms in total. The number of ether oxygens (including phenoxy) is 2. The zero-order chi connectivity index (χ0) is 24.1. The second-order valence-corrected chi connectivity index (χ2v) is 7.19. The lowest BCUT2D eigenvalue weighted by atomic mass is 9.95. The Bertz CT molecular complexity index is 1310. The van der Waals surface area contributed by atoms with Gasteiger partial charge in [-0.05, 0) is 55.8 Å². The summed E-state index contributed by atoms with van der Waals surface area (Å²) in [4.78, 5) is 38.2. The number of anilines is 1. The molecule has 1 aromatic heterocycles. The Hall–Kier alpha value is -4.09. The Kier molecular flexibility index (Phi) is 7.16. The molecule has 0 saturated carbocycles. The van der Waals surface area contributed by atoms with Crippen LogP contribution in [0, 0.1) is 11.3 Å². The first-order valence-corrected chi connectivity index (χ1v) is 10.4. The number of nitrogens with zero attached hydrogens (tertiary/aromatic N) is 2. The van der Waals surface area contributed by atoms with Crippen LogP contribution in [0.5, 0.6) is 0 Å². The minimum absolute atomic E-state index is 0.0631. The summed E-state index contributed by atoms with van der Waals surface area (Å²) in [6.07, 6.45) is 0. The van der Waals surface area contributed by atoms with Crippen LogP contribution in [0.4, 0.5) is 5.82 Å². The minimum Gasteiger partial charge on any atom is -0.462 e. The van der Waals surface area contributed by atoms with Crippen molar-refractivity contribution in [3.05, 3.63) is 80.6 Å². The number of pyridine rings is 1. The number of carbonyl (C=O) groups is 2. The van der Waals surface area contributed by atoms with Crippen molar-refractivity contribution in [2.24, 2.45) is 0 Å². The van der Waals surface area contributed by atoms with Crippen molar-refractivity contribution in [2.45, 2.75) is 13.8 Å². The fourth-order valence-electron chi connectivity index (χ4n) is 3.33. The number of aromatic nitrogens is 1. The van der Waals surface area contributed by atoms with Gasteiger partial charge in [0.2, 0.25) is 0 Å². The van der Waals surface area contributed by atoms with Gasteiger partial charge < -0.3 is 15.2 Å². The Morgan fingerprint density at radius 2 is 1.58 bits per heavy atom. The molecule has 168 valence electrons. The van der Waals surface area contributed by atoms with Crippen molar-refractivity contribution in [2.75, 3.05) is 18.9 Å². The number of rotatable bonds is 6. The molecular weight excluding hydrogens is 446 g/mol. The molecule has 2 N–H and O–H groups in total. The average molecular weight is 466 g/mol. The Morgan fingerprint density at radius 3 is 2.12 bits per heavy atom. The minimum atomic E-state index is -0.784. The van der Waals surface area contributed by atoms with E-state index in [4.69, 9.17) is 26.8 Å². The van der Waals surface area contributed by atoms with Crippen molar-refractivity contribution in [1.82, 2.24) is 4.57 Å². The second-order valence-electron chi connectivity index (χ2n) is 6.76. The van der Waals surface area contributed by atoms with Gasteiger partial charge in [-0.1, -0.05) is 23.7 Å². The van der Waals surface area contributed by atoms with E-state index in [0.717, 1.165) is 4.57 Å². The lowest BCUT2D eigenvalue weighted by molar-refractivity contribution is 0.0517. The standard InChI is InChI=1S/C24H20ClN3O5/c1-3-32-23(30)15-7-11-17(12-8-15)28-21(27)20(24(31)33-4-2)19(18(13-26)22(28)29)14-5-9-16(25)10-6-14/h5-12H,3-4,27H2,1-2H3. The lowest BCUT2D eigenvalue weighted by Crippen LogP contribution is -2.28. The highest BCUT2D eigenvalue weighted by atomic mass is 35.5. The van der Waals surface area contributed by atoms with Crippen LogP contribution in [0.2, 0.25) is 5.02 Å². The van der Waals surface area contributed by atoms with Crippen LogP contribution in [-0.4, -0.2) is 29.7 Å². The number of hydrogen-bond donors (Lipinski definition) is 1. The second kappa shape index (κ2) is 10.0. The van der Waals surface area contributed by atoms with Crippen LogP contribution in [0.15, 0.2) is 53.3 Å². The van der Waals surface area contributed by atoms with Gasteiger partial charge in [-0.2, -0.15) is 5.26 Å². The lowest BCUT2D eigenvalue weighted by Gasteiger charge is -2.18. The van der Waals surface area contributed by atoms with Crippen molar-refractivity contribution in [1.29, 1.82) is 5.26 Å². The summed E-state index contributed by atoms with van der Waals surface area (Å²) in [6, 6.07) is 14.1. The molecule has 0 unspecified atom stereocenters. The number of esters is 2. The van der Waals surface area contributed by atoms with E-state index in [0.29, 0.717) is 10.6 Å². The topological polar surface area (TPSA) is 124 Å². The molecule has 3 aromatic rings. The summed E-state index contributed by atoms with van der Waals surface area (Å²) < 4.78 is 11.2. The van der Waals surface area contributed by atoms with E-state index in [2.05, 4.69) is 0 Å². The highest BCUT2D eigenvalue weighted by Crippen LogP contribution is 2.32. The van der Waals surface area contributed by atoms with Crippen LogP contribution in [-0.2, 0) is 9.47 Å². The molecule has 0 aliphatic heterocycles. The molecule has 2 aromatic carbocycles. The van der Waals surface area contributed by atoms with E-state index < -0.39 is 17.5 Å². The third-order valence-corrected chi connectivity index (χ3v) is 5.03. The smallest absolute Gasteiger partial charge is 0.342 e. The van der Waals surface area contributed by atoms with Gasteiger partial charge in [0.05, 0.1) is 24.5 Å². The zero-order valence-electron chi connectivity index (χ0n) is 17.9. The maximum Gasteiger partial charge on any atom is 0.342 e. The van der Waals surface area contributed by atoms with Crippen LogP contribution < -0.4 is 11.3 Å². The van der Waals surface area contributed by atoms with Crippen LogP contribution in [0.1, 0.15) is 40.1 Å². The van der Waals surface area contributed by atoms with Gasteiger partial charge in [0, 0.05) is 10.6 Å². The number of benzene rings is 2. The molecule has 0 spiro atoms. The van der Waals surface area contributed by atoms with Gasteiger partial charge in [-0.25, -0.2) is 9.59 Å². The van der Waals surface area contributed by atoms with Gasteiger partial charge in [-0.3, -0.25) is 9.36 Å². The van der Waals surface area contributed by atoms with Gasteiger partial charge in [0.15, 0.2) is 0 Å². The van der Waals surface area contributed by atoms with E-state index in [1.807, 2.05) is 6.07 Å². The highest BCUT2D eigenvalue weighted by molar-refractivity contribution is 6.30. The number of nitrogen functional groups attached to an aromatic ring is 1. The van der Waals surface area contributed by atoms with E-state index in [9.17, 15) is 19.6 Å². The number of hydrogen-bond acceptors (Lipinski definition) is 7. The molecule has 0 atom stereocenters. The number of nitrogens with two attached hydrogens (primary N) is 1. The molecule has 33 heavy (non-hydrogen) atoms. The first-order valence-electron chi connectivity index (χ1n) is 10.0. The van der Waals surface area contributed by atoms with Gasteiger partial charge >= 0.3 is 11.9 Å². The molecule has 0 amide bonds. The molecule has 0 saturated heterocycles. The fourth-order valence-corrected chi connectivity index (χ4v) is 3.46. The summed E-state index contributed by atoms with van der Waals surface area (Å²) in [5.41, 5.74) is 6.19. The SMILES string of the molecule is CCOC(=O)c1ccc(-n2c(N)c(C(=O)OCC)c(-c3ccc(Cl)cc3)c(C#N)c2=O)cc1. The molecule has 3 rings (SSSR count). The fraction of sp³-hybridized carbons (Fsp3) is 0.167. The quantitative estimate of drug-likeness (QED) is 0.546. The molecule has 0 radical (unpaired) electrons. The largest absolute Gasteiger partial charge is 0.462 e. The third-order valence-electron chi connectivity index (χ3n) is 4.77. The molecule has 0 aliphatic carbocycles. The van der Waals surface area contributed by atoms with E-state index in [1.165, 1.54) is 24.3 Å². The third kappa shape index (κ3) is 4.59. The first kappa shape index (κ1) is 23.6. The Balaban J connectivity index is 2.31. The molecule has 0 bridgehead atoms. The maximum absolute atomic E-state index is 13.3. The van der Waals surface area contributed by atoms with Crippen molar-refractivity contribution in [3.63, 3.8) is 0 Å². The monoisotopic (exact) mass is 465 g/mol. The Labute approximate surface area is 194 Å². The van der Waals surface area contributed by atoms with Gasteiger partial charge in [0.25, 0.3) is 5.56 Å². The molecule has 9 heteroatoms. The average Bonchev–Trinajstić information content (AvgIpc) is 2.80. The van der Waals surface area contributed by atoms with E-state index in [1.54, 1.807) is 38.1 Å². The van der Waals surface area contributed by atoms with Crippen molar-refractivity contribution < 1.29 is 19.1 Å². The highest BCUT2D eigenvalue weighted by Gasteiger charge is 2.27. The summed E-state index contributed by atoms with van der Waals surface area (Å²) in [5, 5.41) is 10.3. The summed E-state index contributed by atoms with van der Waals surface area (Å²) >= 11 is 5.97. The van der Waals surface area contributed by atoms with E-state index in [-0.39, 0.29) is 47.0 Å². The van der Waals surface area contributed by atoms with Gasteiger partial charge in [-0.15, -0.1) is 0 Å². The summed E-state index contributed by atoms with van der Waals surface area (Å²) in [7, 11) is 0. The number of halogens is 1. The maximum atomic E-state index is 13.3. The molecule has 0 aliphatic rings. The Morgan fingerprint density at radius 1 is 1.00 bits per heavy atom. The van der Waals surface area contributed by atoms with Crippen molar-refractivity contribution in [3.8, 4) is 22.9 Å². The first-order chi connectivity index (χ1) is 15.8. The molecule has 1 heterocycles. The number of nitriles is 1. The predicted octanol–water partition coefficient (Wildman–Crippen LogP) is 3.97. The normalized spacial score (nSPS) is 10.4. The summed E-state index contributed by atoms with van der Waals surface area (Å²) in [6.45, 7) is 3.60. The summed E-state index contributed by atoms with van der Waals surface area (Å²) in [5.74, 6) is -1.51. The number of carbonyl (C=O) groups excluding carboxylic acids is 2. The van der Waals surface area contributed by atoms with Crippen LogP contribution >= 0.6 is 11.6 Å². The zero-order valence-corrected chi connectivity index (χ0v) is 18.7. The van der Waals surface area contributed by atoms with Crippen molar-refractivity contribution >= 4 is 29.4 Å². The van der Waals surface area contributed by atoms with Crippen LogP contribution in [0.3, 0.4) is 0 Å². The van der Waals surface area contributed by atoms with Gasteiger partial charge in [0.1, 0.15) is 23.0 Å². The van der Waals surface area contributed by atoms with Crippen LogP contribution in [0.25, 0.3) is 16.8 Å².